The summed E-state index contributed by atoms with van der Waals surface area (Å²) in [6.45, 7) is 2.49. The number of aromatic nitrogens is 1. The average molecular weight is 293 g/mol. The fourth-order valence-electron chi connectivity index (χ4n) is 1.52. The Morgan fingerprint density at radius 2 is 2.12 bits per heavy atom. The van der Waals surface area contributed by atoms with Crippen LogP contribution in [0.4, 0.5) is 5.82 Å². The number of halogens is 1. The highest BCUT2D eigenvalue weighted by Gasteiger charge is 2.02. The maximum atomic E-state index is 9.69. The number of hydrogen-bond acceptors (Lipinski definition) is 3. The lowest BCUT2D eigenvalue weighted by molar-refractivity contribution is 0.469. The van der Waals surface area contributed by atoms with Crippen LogP contribution in [0.15, 0.2) is 40.9 Å². The van der Waals surface area contributed by atoms with Gasteiger partial charge in [-0.2, -0.15) is 0 Å². The van der Waals surface area contributed by atoms with Crippen molar-refractivity contribution in [2.45, 2.75) is 13.5 Å². The van der Waals surface area contributed by atoms with Crippen molar-refractivity contribution in [2.24, 2.45) is 0 Å². The summed E-state index contributed by atoms with van der Waals surface area (Å²) in [5, 5.41) is 12.9. The summed E-state index contributed by atoms with van der Waals surface area (Å²) in [6, 6.07) is 11.2. The van der Waals surface area contributed by atoms with E-state index in [4.69, 9.17) is 0 Å². The van der Waals surface area contributed by atoms with Gasteiger partial charge in [-0.05, 0) is 37.3 Å². The number of aromatic hydroxyl groups is 1. The van der Waals surface area contributed by atoms with Crippen LogP contribution in [0.3, 0.4) is 0 Å². The second-order valence-corrected chi connectivity index (χ2v) is 4.71. The first-order valence-electron chi connectivity index (χ1n) is 5.30. The lowest BCUT2D eigenvalue weighted by Gasteiger charge is -2.08. The molecule has 0 saturated carbocycles. The van der Waals surface area contributed by atoms with Gasteiger partial charge in [0.2, 0.25) is 0 Å². The van der Waals surface area contributed by atoms with Gasteiger partial charge in [0.05, 0.1) is 0 Å². The summed E-state index contributed by atoms with van der Waals surface area (Å²) < 4.78 is 0.948. The van der Waals surface area contributed by atoms with Crippen molar-refractivity contribution >= 4 is 21.7 Å². The van der Waals surface area contributed by atoms with Gasteiger partial charge >= 0.3 is 0 Å². The largest absolute Gasteiger partial charge is 0.508 e. The molecule has 2 N–H and O–H groups in total. The Bertz CT molecular complexity index is 529. The lowest BCUT2D eigenvalue weighted by Crippen LogP contribution is -2.02. The lowest BCUT2D eigenvalue weighted by atomic mass is 10.2. The molecule has 0 spiro atoms. The molecule has 3 nitrogen and oxygen atoms in total. The second kappa shape index (κ2) is 5.19. The van der Waals surface area contributed by atoms with Crippen molar-refractivity contribution in [3.05, 3.63) is 52.1 Å². The Labute approximate surface area is 109 Å². The number of hydrogen-bond donors (Lipinski definition) is 2. The molecule has 0 aliphatic heterocycles. The zero-order chi connectivity index (χ0) is 12.3. The van der Waals surface area contributed by atoms with Crippen molar-refractivity contribution < 1.29 is 5.11 Å². The van der Waals surface area contributed by atoms with E-state index in [2.05, 4.69) is 26.2 Å². The maximum absolute atomic E-state index is 9.69. The van der Waals surface area contributed by atoms with Crippen LogP contribution >= 0.6 is 15.9 Å². The molecule has 2 rings (SSSR count). The number of phenols is 1. The molecule has 0 bridgehead atoms. The van der Waals surface area contributed by atoms with Gasteiger partial charge in [-0.3, -0.25) is 0 Å². The minimum Gasteiger partial charge on any atom is -0.508 e. The van der Waals surface area contributed by atoms with Crippen LogP contribution in [-0.4, -0.2) is 10.1 Å². The predicted molar refractivity (Wildman–Crippen MR) is 72.1 cm³/mol. The zero-order valence-electron chi connectivity index (χ0n) is 9.44. The third kappa shape index (κ3) is 3.20. The van der Waals surface area contributed by atoms with Crippen LogP contribution in [0.5, 0.6) is 5.75 Å². The molecule has 0 saturated heterocycles. The van der Waals surface area contributed by atoms with Crippen LogP contribution in [0.25, 0.3) is 0 Å². The van der Waals surface area contributed by atoms with Gasteiger partial charge in [0, 0.05) is 22.3 Å². The molecule has 0 radical (unpaired) electrons. The molecule has 0 amide bonds. The topological polar surface area (TPSA) is 45.1 Å². The van der Waals surface area contributed by atoms with Crippen LogP contribution in [0.2, 0.25) is 0 Å². The molecule has 17 heavy (non-hydrogen) atoms. The van der Waals surface area contributed by atoms with Gasteiger partial charge < -0.3 is 10.4 Å². The predicted octanol–water partition coefficient (Wildman–Crippen LogP) is 3.47. The van der Waals surface area contributed by atoms with E-state index in [-0.39, 0.29) is 5.75 Å². The smallest absolute Gasteiger partial charge is 0.126 e. The molecule has 4 heteroatoms. The molecule has 0 aliphatic carbocycles. The van der Waals surface area contributed by atoms with Crippen molar-refractivity contribution in [2.75, 3.05) is 5.32 Å². The number of pyridine rings is 1. The number of nitrogens with zero attached hydrogens (tertiary/aromatic N) is 1. The van der Waals surface area contributed by atoms with E-state index in [1.54, 1.807) is 6.07 Å². The Morgan fingerprint density at radius 3 is 2.88 bits per heavy atom. The van der Waals surface area contributed by atoms with Crippen molar-refractivity contribution in [1.82, 2.24) is 4.98 Å². The van der Waals surface area contributed by atoms with E-state index >= 15 is 0 Å². The molecule has 0 unspecified atom stereocenters. The molecule has 0 fully saturated rings. The van der Waals surface area contributed by atoms with E-state index < -0.39 is 0 Å². The summed E-state index contributed by atoms with van der Waals surface area (Å²) in [6.07, 6.45) is 0. The van der Waals surface area contributed by atoms with Gasteiger partial charge in [-0.25, -0.2) is 4.98 Å². The van der Waals surface area contributed by atoms with Crippen LogP contribution in [-0.2, 0) is 6.54 Å². The van der Waals surface area contributed by atoms with Gasteiger partial charge in [0.15, 0.2) is 0 Å². The molecule has 1 aromatic carbocycles. The minimum absolute atomic E-state index is 0.286. The first kappa shape index (κ1) is 11.9. The normalized spacial score (nSPS) is 10.2. The second-order valence-electron chi connectivity index (χ2n) is 3.79. The van der Waals surface area contributed by atoms with E-state index in [9.17, 15) is 5.11 Å². The average Bonchev–Trinajstić information content (AvgIpc) is 2.30. The van der Waals surface area contributed by atoms with Crippen molar-refractivity contribution in [3.63, 3.8) is 0 Å². The summed E-state index contributed by atoms with van der Waals surface area (Å²) in [5.41, 5.74) is 1.80. The first-order chi connectivity index (χ1) is 8.15. The molecular weight excluding hydrogens is 280 g/mol. The highest BCUT2D eigenvalue weighted by molar-refractivity contribution is 9.10. The highest BCUT2D eigenvalue weighted by Crippen LogP contribution is 2.22. The molecule has 0 aliphatic rings. The summed E-state index contributed by atoms with van der Waals surface area (Å²) >= 11 is 3.38. The van der Waals surface area contributed by atoms with Crippen molar-refractivity contribution in [1.29, 1.82) is 0 Å². The fourth-order valence-corrected chi connectivity index (χ4v) is 1.93. The number of benzene rings is 1. The van der Waals surface area contributed by atoms with Gasteiger partial charge in [0.1, 0.15) is 11.6 Å². The third-order valence-corrected chi connectivity index (χ3v) is 2.88. The van der Waals surface area contributed by atoms with Gasteiger partial charge in [-0.15, -0.1) is 0 Å². The zero-order valence-corrected chi connectivity index (χ0v) is 11.0. The Balaban J connectivity index is 2.09. The van der Waals surface area contributed by atoms with Crippen LogP contribution in [0, 0.1) is 6.92 Å². The number of anilines is 1. The molecule has 1 heterocycles. The molecule has 88 valence electrons. The van der Waals surface area contributed by atoms with E-state index in [1.807, 2.05) is 37.3 Å². The van der Waals surface area contributed by atoms with E-state index in [1.165, 1.54) is 0 Å². The van der Waals surface area contributed by atoms with E-state index in [0.29, 0.717) is 6.54 Å². The molecule has 0 atom stereocenters. The SMILES string of the molecule is Cc1cccc(NCc2cc(Br)ccc2O)n1. The van der Waals surface area contributed by atoms with Crippen LogP contribution < -0.4 is 5.32 Å². The van der Waals surface area contributed by atoms with Gasteiger partial charge in [0.25, 0.3) is 0 Å². The third-order valence-electron chi connectivity index (χ3n) is 2.39. The maximum Gasteiger partial charge on any atom is 0.126 e. The van der Waals surface area contributed by atoms with E-state index in [0.717, 1.165) is 21.5 Å². The summed E-state index contributed by atoms with van der Waals surface area (Å²) in [7, 11) is 0. The number of phenolic OH excluding ortho intramolecular Hbond substituents is 1. The Kier molecular flexibility index (Phi) is 3.64. The minimum atomic E-state index is 0.286. The highest BCUT2D eigenvalue weighted by atomic mass is 79.9. The quantitative estimate of drug-likeness (QED) is 0.910. The van der Waals surface area contributed by atoms with Crippen LogP contribution in [0.1, 0.15) is 11.3 Å². The molecular formula is C13H13BrN2O. The fraction of sp³-hybridized carbons (Fsp3) is 0.154. The standard InChI is InChI=1S/C13H13BrN2O/c1-9-3-2-4-13(16-9)15-8-10-7-11(14)5-6-12(10)17/h2-7,17H,8H2,1H3,(H,15,16). The number of aryl methyl sites for hydroxylation is 1. The summed E-state index contributed by atoms with van der Waals surface area (Å²) in [4.78, 5) is 4.34. The molecule has 2 aromatic rings. The molecule has 1 aromatic heterocycles. The monoisotopic (exact) mass is 292 g/mol. The number of rotatable bonds is 3. The number of nitrogens with one attached hydrogen (secondary N) is 1. The summed E-state index contributed by atoms with van der Waals surface area (Å²) in [5.74, 6) is 1.10. The Hall–Kier alpha value is -1.55. The Morgan fingerprint density at radius 1 is 1.29 bits per heavy atom. The first-order valence-corrected chi connectivity index (χ1v) is 6.09. The van der Waals surface area contributed by atoms with Crippen molar-refractivity contribution in [3.8, 4) is 5.75 Å². The van der Waals surface area contributed by atoms with Gasteiger partial charge in [-0.1, -0.05) is 22.0 Å².